The van der Waals surface area contributed by atoms with Gasteiger partial charge in [-0.1, -0.05) is 139 Å². The Hall–Kier alpha value is -5.96. The molecule has 2 heteroatoms. The van der Waals surface area contributed by atoms with Gasteiger partial charge < -0.3 is 4.90 Å². The van der Waals surface area contributed by atoms with Crippen LogP contribution in [-0.2, 0) is 5.41 Å². The van der Waals surface area contributed by atoms with E-state index in [1.165, 1.54) is 4.70 Å². The molecule has 49 heavy (non-hydrogen) atoms. The highest BCUT2D eigenvalue weighted by Crippen LogP contribution is 2.58. The maximum absolute atomic E-state index is 9.45. The van der Waals surface area contributed by atoms with Gasteiger partial charge in [-0.3, -0.25) is 0 Å². The largest absolute Gasteiger partial charge is 0.310 e. The maximum atomic E-state index is 9.45. The highest BCUT2D eigenvalue weighted by atomic mass is 32.1. The topological polar surface area (TPSA) is 3.24 Å². The summed E-state index contributed by atoms with van der Waals surface area (Å²) in [4.78, 5) is 2.28. The van der Waals surface area contributed by atoms with E-state index >= 15 is 0 Å². The number of anilines is 3. The van der Waals surface area contributed by atoms with Crippen LogP contribution < -0.4 is 4.90 Å². The van der Waals surface area contributed by atoms with E-state index in [0.29, 0.717) is 0 Å². The van der Waals surface area contributed by atoms with Gasteiger partial charge in [0.05, 0.1) is 18.0 Å². The van der Waals surface area contributed by atoms with Gasteiger partial charge in [0.2, 0.25) is 0 Å². The summed E-state index contributed by atoms with van der Waals surface area (Å²) in [6.07, 6.45) is 0. The number of nitrogens with zero attached hydrogens (tertiary/aromatic N) is 1. The van der Waals surface area contributed by atoms with E-state index in [1.807, 2.05) is 42.5 Å². The standard InChI is InChI=1S/C47H31NS/c1-3-16-33(17-4-1)47(34-26-29-46-41(30-34)39-22-10-12-25-45(39)49-46)42-23-11-9-21-38(42)40-31-36(27-28-43(40)47)48(35-18-5-2-6-19-35)44-24-13-15-32-14-7-8-20-37(32)44/h1-31H/i1D,3D,4D,16D,17D. The molecule has 10 rings (SSSR count). The second kappa shape index (κ2) is 11.1. The molecule has 0 radical (unpaired) electrons. The van der Waals surface area contributed by atoms with Crippen LogP contribution in [0.3, 0.4) is 0 Å². The van der Waals surface area contributed by atoms with Crippen LogP contribution in [0.1, 0.15) is 29.1 Å². The fraction of sp³-hybridized carbons (Fsp3) is 0.0213. The van der Waals surface area contributed by atoms with Gasteiger partial charge in [0, 0.05) is 36.9 Å². The van der Waals surface area contributed by atoms with E-state index in [4.69, 9.17) is 4.11 Å². The van der Waals surface area contributed by atoms with Crippen molar-refractivity contribution in [1.29, 1.82) is 0 Å². The maximum Gasteiger partial charge on any atom is 0.0713 e. The quantitative estimate of drug-likeness (QED) is 0.180. The van der Waals surface area contributed by atoms with Crippen LogP contribution in [0.2, 0.25) is 0 Å². The molecule has 1 unspecified atom stereocenters. The van der Waals surface area contributed by atoms with E-state index in [1.54, 1.807) is 11.3 Å². The summed E-state index contributed by atoms with van der Waals surface area (Å²) < 4.78 is 47.5. The van der Waals surface area contributed by atoms with Crippen LogP contribution in [0.15, 0.2) is 188 Å². The molecule has 0 spiro atoms. The first-order chi connectivity index (χ1) is 26.4. The van der Waals surface area contributed by atoms with Crippen molar-refractivity contribution in [2.75, 3.05) is 4.90 Å². The van der Waals surface area contributed by atoms with Crippen molar-refractivity contribution < 1.29 is 6.85 Å². The van der Waals surface area contributed by atoms with Gasteiger partial charge in [-0.15, -0.1) is 11.3 Å². The fourth-order valence-electron chi connectivity index (χ4n) is 7.94. The molecule has 1 aliphatic rings. The summed E-state index contributed by atoms with van der Waals surface area (Å²) in [5, 5.41) is 4.47. The van der Waals surface area contributed by atoms with Crippen molar-refractivity contribution in [2.45, 2.75) is 5.41 Å². The molecule has 1 nitrogen and oxygen atoms in total. The van der Waals surface area contributed by atoms with Crippen molar-refractivity contribution in [3.8, 4) is 11.1 Å². The van der Waals surface area contributed by atoms with Crippen LogP contribution in [-0.4, -0.2) is 0 Å². The average molecular weight is 647 g/mol. The summed E-state index contributed by atoms with van der Waals surface area (Å²) in [6, 6.07) is 52.9. The van der Waals surface area contributed by atoms with Crippen molar-refractivity contribution in [3.63, 3.8) is 0 Å². The van der Waals surface area contributed by atoms with Crippen LogP contribution in [0, 0.1) is 0 Å². The summed E-state index contributed by atoms with van der Waals surface area (Å²) in [5.74, 6) is 0. The van der Waals surface area contributed by atoms with Crippen molar-refractivity contribution in [2.24, 2.45) is 0 Å². The van der Waals surface area contributed by atoms with Gasteiger partial charge in [0.1, 0.15) is 0 Å². The molecule has 1 atom stereocenters. The van der Waals surface area contributed by atoms with E-state index < -0.39 is 11.5 Å². The fourth-order valence-corrected chi connectivity index (χ4v) is 9.03. The SMILES string of the molecule is [2H]c1c([2H])c([2H])c(C2(c3ccc4sc5ccccc5c4c3)c3ccccc3-c3cc(N(c4ccccc4)c4cccc5ccccc45)ccc32)c([2H])c1[2H]. The lowest BCUT2D eigenvalue weighted by Crippen LogP contribution is -2.28. The third-order valence-corrected chi connectivity index (χ3v) is 11.1. The summed E-state index contributed by atoms with van der Waals surface area (Å²) in [5.41, 5.74) is 6.54. The zero-order chi connectivity index (χ0) is 36.7. The zero-order valence-corrected chi connectivity index (χ0v) is 27.2. The second-order valence-electron chi connectivity index (χ2n) is 12.5. The predicted octanol–water partition coefficient (Wildman–Crippen LogP) is 13.0. The number of thiophene rings is 1. The molecule has 0 saturated heterocycles. The molecular weight excluding hydrogens is 611 g/mol. The molecule has 0 fully saturated rings. The van der Waals surface area contributed by atoms with Gasteiger partial charge in [-0.2, -0.15) is 0 Å². The molecular formula is C47H31NS. The number of para-hydroxylation sites is 1. The highest BCUT2D eigenvalue weighted by Gasteiger charge is 2.46. The average Bonchev–Trinajstić information content (AvgIpc) is 3.73. The summed E-state index contributed by atoms with van der Waals surface area (Å²) in [6.45, 7) is 0. The van der Waals surface area contributed by atoms with E-state index in [2.05, 4.69) is 120 Å². The van der Waals surface area contributed by atoms with E-state index in [0.717, 1.165) is 71.1 Å². The minimum Gasteiger partial charge on any atom is -0.310 e. The Morgan fingerprint density at radius 1 is 0.469 bits per heavy atom. The van der Waals surface area contributed by atoms with E-state index in [-0.39, 0.29) is 29.7 Å². The number of hydrogen-bond acceptors (Lipinski definition) is 2. The Bertz CT molecular complexity index is 2940. The minimum absolute atomic E-state index is 0.204. The molecule has 1 heterocycles. The van der Waals surface area contributed by atoms with Gasteiger partial charge in [-0.25, -0.2) is 0 Å². The van der Waals surface area contributed by atoms with Gasteiger partial charge in [0.25, 0.3) is 0 Å². The lowest BCUT2D eigenvalue weighted by Gasteiger charge is -2.34. The number of hydrogen-bond donors (Lipinski definition) is 0. The molecule has 0 bridgehead atoms. The van der Waals surface area contributed by atoms with Gasteiger partial charge in [-0.05, 0) is 87.3 Å². The highest BCUT2D eigenvalue weighted by molar-refractivity contribution is 7.25. The smallest absolute Gasteiger partial charge is 0.0713 e. The first-order valence-corrected chi connectivity index (χ1v) is 17.3. The van der Waals surface area contributed by atoms with Crippen LogP contribution in [0.25, 0.3) is 42.1 Å². The first-order valence-electron chi connectivity index (χ1n) is 18.9. The first kappa shape index (κ1) is 23.4. The minimum atomic E-state index is -1.22. The predicted molar refractivity (Wildman–Crippen MR) is 209 cm³/mol. The molecule has 1 aromatic heterocycles. The van der Waals surface area contributed by atoms with Gasteiger partial charge >= 0.3 is 0 Å². The molecule has 1 aliphatic carbocycles. The number of benzene rings is 8. The monoisotopic (exact) mass is 646 g/mol. The third kappa shape index (κ3) is 4.18. The number of fused-ring (bicyclic) bond motifs is 7. The Kier molecular flexibility index (Phi) is 5.27. The van der Waals surface area contributed by atoms with Gasteiger partial charge in [0.15, 0.2) is 0 Å². The Morgan fingerprint density at radius 3 is 2.08 bits per heavy atom. The Morgan fingerprint density at radius 2 is 1.18 bits per heavy atom. The lowest BCUT2D eigenvalue weighted by molar-refractivity contribution is 0.770. The van der Waals surface area contributed by atoms with E-state index in [9.17, 15) is 2.74 Å². The van der Waals surface area contributed by atoms with Crippen molar-refractivity contribution in [3.05, 3.63) is 210 Å². The zero-order valence-electron chi connectivity index (χ0n) is 31.4. The molecule has 0 aliphatic heterocycles. The molecule has 0 N–H and O–H groups in total. The molecule has 8 aromatic carbocycles. The van der Waals surface area contributed by atoms with Crippen molar-refractivity contribution >= 4 is 59.3 Å². The van der Waals surface area contributed by atoms with Crippen LogP contribution in [0.5, 0.6) is 0 Å². The Labute approximate surface area is 297 Å². The summed E-state index contributed by atoms with van der Waals surface area (Å²) in [7, 11) is 0. The van der Waals surface area contributed by atoms with Crippen molar-refractivity contribution in [1.82, 2.24) is 0 Å². The molecule has 0 amide bonds. The normalized spacial score (nSPS) is 16.4. The molecule has 0 saturated carbocycles. The van der Waals surface area contributed by atoms with Crippen LogP contribution >= 0.6 is 11.3 Å². The molecule has 9 aromatic rings. The third-order valence-electron chi connectivity index (χ3n) is 9.99. The second-order valence-corrected chi connectivity index (χ2v) is 13.6. The Balaban J connectivity index is 1.32. The summed E-state index contributed by atoms with van der Waals surface area (Å²) >= 11 is 1.73. The number of rotatable bonds is 5. The molecule has 230 valence electrons. The lowest BCUT2D eigenvalue weighted by atomic mass is 9.67. The van der Waals surface area contributed by atoms with Crippen LogP contribution in [0.4, 0.5) is 17.1 Å².